The summed E-state index contributed by atoms with van der Waals surface area (Å²) in [5.41, 5.74) is 1.86. The van der Waals surface area contributed by atoms with Gasteiger partial charge in [-0.1, -0.05) is 20.8 Å². The number of aromatic hydroxyl groups is 1. The van der Waals surface area contributed by atoms with Crippen LogP contribution in [0.4, 0.5) is 10.5 Å². The van der Waals surface area contributed by atoms with Crippen LogP contribution in [0.5, 0.6) is 5.75 Å². The Bertz CT molecular complexity index is 741. The minimum atomic E-state index is -0.434. The topological polar surface area (TPSA) is 93.1 Å². The van der Waals surface area contributed by atoms with E-state index < -0.39 is 6.03 Å². The van der Waals surface area contributed by atoms with Crippen molar-refractivity contribution in [1.29, 1.82) is 0 Å². The van der Waals surface area contributed by atoms with Gasteiger partial charge in [-0.3, -0.25) is 19.9 Å². The molecule has 0 aromatic heterocycles. The van der Waals surface area contributed by atoms with Crippen LogP contribution in [0.25, 0.3) is 0 Å². The van der Waals surface area contributed by atoms with E-state index >= 15 is 0 Å². The van der Waals surface area contributed by atoms with Crippen LogP contribution in [0.3, 0.4) is 0 Å². The summed E-state index contributed by atoms with van der Waals surface area (Å²) in [5, 5.41) is 23.2. The molecule has 0 saturated carbocycles. The number of hydrogen-bond donors (Lipinski definition) is 3. The molecule has 1 aromatic carbocycles. The molecule has 0 radical (unpaired) electrons. The van der Waals surface area contributed by atoms with Crippen molar-refractivity contribution in [2.24, 2.45) is 0 Å². The highest BCUT2D eigenvalue weighted by Gasteiger charge is 2.29. The van der Waals surface area contributed by atoms with Gasteiger partial charge in [-0.05, 0) is 36.9 Å². The number of amides is 3. The Balaban J connectivity index is 1.96. The number of nitrogens with zero attached hydrogens (tertiary/aromatic N) is 2. The first kappa shape index (κ1) is 19.6. The monoisotopic (exact) mass is 375 g/mol. The molecule has 0 unspecified atom stereocenters. The molecule has 2 aliphatic heterocycles. The van der Waals surface area contributed by atoms with Gasteiger partial charge in [0.05, 0.1) is 6.10 Å². The number of aliphatic hydroxyl groups excluding tert-OH is 1. The maximum absolute atomic E-state index is 12.3. The van der Waals surface area contributed by atoms with E-state index in [0.29, 0.717) is 25.3 Å². The molecular formula is C20H29N3O4. The molecule has 7 heteroatoms. The van der Waals surface area contributed by atoms with Gasteiger partial charge in [-0.15, -0.1) is 0 Å². The van der Waals surface area contributed by atoms with Crippen molar-refractivity contribution in [3.8, 4) is 5.75 Å². The maximum Gasteiger partial charge on any atom is 0.328 e. The Morgan fingerprint density at radius 1 is 1.22 bits per heavy atom. The number of urea groups is 1. The number of likely N-dealkylation sites (tertiary alicyclic amines) is 1. The Kier molecular flexibility index (Phi) is 5.44. The van der Waals surface area contributed by atoms with Crippen LogP contribution >= 0.6 is 0 Å². The molecular weight excluding hydrogens is 346 g/mol. The molecule has 27 heavy (non-hydrogen) atoms. The lowest BCUT2D eigenvalue weighted by molar-refractivity contribution is -0.120. The second kappa shape index (κ2) is 7.48. The number of aliphatic hydroxyl groups is 1. The van der Waals surface area contributed by atoms with Crippen LogP contribution in [0, 0.1) is 0 Å². The summed E-state index contributed by atoms with van der Waals surface area (Å²) in [4.78, 5) is 27.4. The molecule has 2 aliphatic rings. The summed E-state index contributed by atoms with van der Waals surface area (Å²) in [7, 11) is 0. The van der Waals surface area contributed by atoms with Crippen molar-refractivity contribution in [2.75, 3.05) is 24.5 Å². The first-order valence-corrected chi connectivity index (χ1v) is 9.53. The third-order valence-electron chi connectivity index (χ3n) is 5.22. The van der Waals surface area contributed by atoms with E-state index in [0.717, 1.165) is 30.5 Å². The molecule has 3 rings (SSSR count). The third kappa shape index (κ3) is 4.42. The molecule has 3 N–H and O–H groups in total. The van der Waals surface area contributed by atoms with Crippen LogP contribution in [0.1, 0.15) is 51.2 Å². The zero-order valence-electron chi connectivity index (χ0n) is 16.3. The van der Waals surface area contributed by atoms with Gasteiger partial charge in [0.1, 0.15) is 5.75 Å². The zero-order valence-corrected chi connectivity index (χ0v) is 16.3. The van der Waals surface area contributed by atoms with E-state index in [9.17, 15) is 19.8 Å². The maximum atomic E-state index is 12.3. The van der Waals surface area contributed by atoms with Crippen LogP contribution in [-0.2, 0) is 16.8 Å². The number of anilines is 1. The molecule has 148 valence electrons. The van der Waals surface area contributed by atoms with Crippen LogP contribution in [-0.4, -0.2) is 52.8 Å². The first-order valence-electron chi connectivity index (χ1n) is 9.53. The summed E-state index contributed by atoms with van der Waals surface area (Å²) < 4.78 is 0. The van der Waals surface area contributed by atoms with E-state index in [1.54, 1.807) is 4.90 Å². The molecule has 1 aromatic rings. The molecule has 7 nitrogen and oxygen atoms in total. The fourth-order valence-corrected chi connectivity index (χ4v) is 3.75. The molecule has 2 fully saturated rings. The first-order chi connectivity index (χ1) is 12.6. The lowest BCUT2D eigenvalue weighted by Gasteiger charge is -2.33. The Morgan fingerprint density at radius 2 is 1.96 bits per heavy atom. The van der Waals surface area contributed by atoms with Crippen LogP contribution in [0.15, 0.2) is 12.1 Å². The summed E-state index contributed by atoms with van der Waals surface area (Å²) in [6.07, 6.45) is 1.64. The van der Waals surface area contributed by atoms with E-state index in [-0.39, 0.29) is 29.6 Å². The number of carbonyl (C=O) groups excluding carboxylic acids is 2. The van der Waals surface area contributed by atoms with Gasteiger partial charge in [0.25, 0.3) is 0 Å². The zero-order chi connectivity index (χ0) is 19.8. The highest BCUT2D eigenvalue weighted by Crippen LogP contribution is 2.38. The normalized spacial score (nSPS) is 22.1. The van der Waals surface area contributed by atoms with Gasteiger partial charge in [-0.2, -0.15) is 0 Å². The van der Waals surface area contributed by atoms with Gasteiger partial charge in [0.15, 0.2) is 0 Å². The molecule has 2 saturated heterocycles. The molecule has 0 spiro atoms. The summed E-state index contributed by atoms with van der Waals surface area (Å²) >= 11 is 0. The van der Waals surface area contributed by atoms with Crippen LogP contribution in [0.2, 0.25) is 0 Å². The number of piperidine rings is 1. The largest absolute Gasteiger partial charge is 0.507 e. The van der Waals surface area contributed by atoms with Crippen molar-refractivity contribution in [3.63, 3.8) is 0 Å². The average molecular weight is 375 g/mol. The predicted octanol–water partition coefficient (Wildman–Crippen LogP) is 2.09. The average Bonchev–Trinajstić information content (AvgIpc) is 2.56. The number of β-amino-alcohol motifs (C(OH)–C–C–N with tert-alkyl or cyclic N) is 1. The van der Waals surface area contributed by atoms with Crippen molar-refractivity contribution >= 4 is 17.6 Å². The van der Waals surface area contributed by atoms with Gasteiger partial charge in [0.2, 0.25) is 5.91 Å². The van der Waals surface area contributed by atoms with E-state index in [4.69, 9.17) is 0 Å². The second-order valence-corrected chi connectivity index (χ2v) is 8.54. The van der Waals surface area contributed by atoms with E-state index in [1.807, 2.05) is 32.9 Å². The summed E-state index contributed by atoms with van der Waals surface area (Å²) in [6, 6.07) is 3.22. The molecule has 3 amide bonds. The SMILES string of the molecule is CC(C)(C)c1cc(N2CCC(=O)NC2=O)cc(CN2CCC[C@@H](O)C2)c1O. The number of phenolic OH excluding ortho intramolecular Hbond substituents is 1. The lowest BCUT2D eigenvalue weighted by Crippen LogP contribution is -2.49. The van der Waals surface area contributed by atoms with Gasteiger partial charge < -0.3 is 10.2 Å². The standard InChI is InChI=1S/C20H29N3O4/c1-20(2,3)16-10-14(23-8-6-17(25)21-19(23)27)9-13(18(16)26)11-22-7-4-5-15(24)12-22/h9-10,15,24,26H,4-8,11-12H2,1-3H3,(H,21,25,27)/t15-/m1/s1. The Labute approximate surface area is 160 Å². The number of carbonyl (C=O) groups is 2. The molecule has 2 heterocycles. The number of imide groups is 1. The Morgan fingerprint density at radius 3 is 2.59 bits per heavy atom. The fourth-order valence-electron chi connectivity index (χ4n) is 3.75. The number of rotatable bonds is 3. The van der Waals surface area contributed by atoms with Gasteiger partial charge in [-0.25, -0.2) is 4.79 Å². The quantitative estimate of drug-likeness (QED) is 0.752. The smallest absolute Gasteiger partial charge is 0.328 e. The van der Waals surface area contributed by atoms with E-state index in [2.05, 4.69) is 10.2 Å². The molecule has 0 aliphatic carbocycles. The fraction of sp³-hybridized carbons (Fsp3) is 0.600. The Hall–Kier alpha value is -2.12. The number of benzene rings is 1. The number of nitrogens with one attached hydrogen (secondary N) is 1. The third-order valence-corrected chi connectivity index (χ3v) is 5.22. The summed E-state index contributed by atoms with van der Waals surface area (Å²) in [5.74, 6) is -0.0339. The number of phenols is 1. The van der Waals surface area contributed by atoms with Gasteiger partial charge >= 0.3 is 6.03 Å². The minimum Gasteiger partial charge on any atom is -0.507 e. The van der Waals surface area contributed by atoms with Crippen molar-refractivity contribution < 1.29 is 19.8 Å². The highest BCUT2D eigenvalue weighted by molar-refractivity contribution is 6.05. The molecule has 1 atom stereocenters. The molecule has 0 bridgehead atoms. The van der Waals surface area contributed by atoms with E-state index in [1.165, 1.54) is 0 Å². The van der Waals surface area contributed by atoms with Crippen molar-refractivity contribution in [3.05, 3.63) is 23.3 Å². The second-order valence-electron chi connectivity index (χ2n) is 8.54. The predicted molar refractivity (Wildman–Crippen MR) is 103 cm³/mol. The van der Waals surface area contributed by atoms with Gasteiger partial charge in [0, 0.05) is 42.9 Å². The van der Waals surface area contributed by atoms with Crippen molar-refractivity contribution in [1.82, 2.24) is 10.2 Å². The lowest BCUT2D eigenvalue weighted by atomic mass is 9.84. The summed E-state index contributed by atoms with van der Waals surface area (Å²) in [6.45, 7) is 8.31. The number of hydrogen-bond acceptors (Lipinski definition) is 5. The van der Waals surface area contributed by atoms with Crippen molar-refractivity contribution in [2.45, 2.75) is 58.1 Å². The highest BCUT2D eigenvalue weighted by atomic mass is 16.3. The minimum absolute atomic E-state index is 0.236. The van der Waals surface area contributed by atoms with Crippen LogP contribution < -0.4 is 10.2 Å².